The van der Waals surface area contributed by atoms with Crippen LogP contribution in [0.2, 0.25) is 0 Å². The van der Waals surface area contributed by atoms with Crippen LogP contribution >= 0.6 is 0 Å². The number of hydrogen-bond acceptors (Lipinski definition) is 3. The third kappa shape index (κ3) is 2.86. The lowest BCUT2D eigenvalue weighted by Crippen LogP contribution is -2.47. The van der Waals surface area contributed by atoms with Gasteiger partial charge in [0.25, 0.3) is 0 Å². The van der Waals surface area contributed by atoms with Gasteiger partial charge in [-0.05, 0) is 46.2 Å². The van der Waals surface area contributed by atoms with E-state index in [-0.39, 0.29) is 12.0 Å². The van der Waals surface area contributed by atoms with E-state index in [0.717, 1.165) is 13.0 Å². The maximum atomic E-state index is 12.3. The molecule has 1 amide bonds. The van der Waals surface area contributed by atoms with Gasteiger partial charge >= 0.3 is 0 Å². The average Bonchev–Trinajstić information content (AvgIpc) is 2.96. The molecular weight excluding hydrogens is 228 g/mol. The van der Waals surface area contributed by atoms with Crippen molar-refractivity contribution in [2.45, 2.75) is 57.2 Å². The first-order chi connectivity index (χ1) is 8.63. The van der Waals surface area contributed by atoms with Crippen LogP contribution in [0.25, 0.3) is 0 Å². The van der Waals surface area contributed by atoms with Crippen LogP contribution < -0.4 is 0 Å². The van der Waals surface area contributed by atoms with Crippen molar-refractivity contribution in [2.75, 3.05) is 27.2 Å². The van der Waals surface area contributed by atoms with Crippen molar-refractivity contribution in [3.8, 4) is 0 Å². The minimum absolute atomic E-state index is 0.0278. The van der Waals surface area contributed by atoms with Crippen molar-refractivity contribution in [3.05, 3.63) is 0 Å². The number of rotatable bonds is 4. The SMILES string of the molecule is CO[C@H](C)CC(=O)N1CCC[C@H]1[C@@H]1CCCN1C. The molecule has 0 radical (unpaired) electrons. The first kappa shape index (κ1) is 13.8. The quantitative estimate of drug-likeness (QED) is 0.762. The lowest BCUT2D eigenvalue weighted by atomic mass is 10.0. The summed E-state index contributed by atoms with van der Waals surface area (Å²) in [5.41, 5.74) is 0. The molecule has 2 aliphatic rings. The van der Waals surface area contributed by atoms with Gasteiger partial charge in [-0.2, -0.15) is 0 Å². The zero-order chi connectivity index (χ0) is 13.1. The normalized spacial score (nSPS) is 30.9. The van der Waals surface area contributed by atoms with Gasteiger partial charge in [0.15, 0.2) is 0 Å². The second kappa shape index (κ2) is 6.02. The lowest BCUT2D eigenvalue weighted by Gasteiger charge is -2.33. The van der Waals surface area contributed by atoms with Crippen LogP contribution in [-0.2, 0) is 9.53 Å². The van der Waals surface area contributed by atoms with Gasteiger partial charge in [-0.1, -0.05) is 0 Å². The summed E-state index contributed by atoms with van der Waals surface area (Å²) in [7, 11) is 3.86. The monoisotopic (exact) mass is 254 g/mol. The van der Waals surface area contributed by atoms with E-state index in [0.29, 0.717) is 18.5 Å². The molecule has 0 aromatic rings. The molecule has 0 aromatic carbocycles. The average molecular weight is 254 g/mol. The van der Waals surface area contributed by atoms with E-state index in [4.69, 9.17) is 4.74 Å². The number of methoxy groups -OCH3 is 1. The number of hydrogen-bond donors (Lipinski definition) is 0. The Morgan fingerprint density at radius 3 is 2.56 bits per heavy atom. The van der Waals surface area contributed by atoms with Gasteiger partial charge in [0.05, 0.1) is 12.5 Å². The fourth-order valence-electron chi connectivity index (χ4n) is 3.37. The van der Waals surface area contributed by atoms with E-state index < -0.39 is 0 Å². The fraction of sp³-hybridized carbons (Fsp3) is 0.929. The molecule has 0 aromatic heterocycles. The molecule has 18 heavy (non-hydrogen) atoms. The van der Waals surface area contributed by atoms with Crippen LogP contribution in [0.4, 0.5) is 0 Å². The second-order valence-corrected chi connectivity index (χ2v) is 5.74. The molecule has 0 bridgehead atoms. The lowest BCUT2D eigenvalue weighted by molar-refractivity contribution is -0.135. The van der Waals surface area contributed by atoms with E-state index in [1.807, 2.05) is 6.92 Å². The van der Waals surface area contributed by atoms with Crippen LogP contribution in [0.1, 0.15) is 39.0 Å². The van der Waals surface area contributed by atoms with Crippen molar-refractivity contribution >= 4 is 5.91 Å². The predicted octanol–water partition coefficient (Wildman–Crippen LogP) is 1.50. The van der Waals surface area contributed by atoms with Gasteiger partial charge in [0.1, 0.15) is 0 Å². The third-order valence-corrected chi connectivity index (χ3v) is 4.51. The van der Waals surface area contributed by atoms with Crippen molar-refractivity contribution < 1.29 is 9.53 Å². The molecule has 0 aliphatic carbocycles. The molecule has 2 heterocycles. The molecule has 2 saturated heterocycles. The number of carbonyl (C=O) groups excluding carboxylic acids is 1. The Balaban J connectivity index is 1.96. The molecular formula is C14H26N2O2. The summed E-state index contributed by atoms with van der Waals surface area (Å²) >= 11 is 0. The van der Waals surface area contributed by atoms with E-state index >= 15 is 0 Å². The minimum Gasteiger partial charge on any atom is -0.381 e. The van der Waals surface area contributed by atoms with E-state index in [1.54, 1.807) is 7.11 Å². The smallest absolute Gasteiger partial charge is 0.225 e. The third-order valence-electron chi connectivity index (χ3n) is 4.51. The van der Waals surface area contributed by atoms with Crippen LogP contribution in [-0.4, -0.2) is 61.1 Å². The summed E-state index contributed by atoms with van der Waals surface area (Å²) < 4.78 is 5.20. The zero-order valence-corrected chi connectivity index (χ0v) is 11.9. The summed E-state index contributed by atoms with van der Waals surface area (Å²) in [6.07, 6.45) is 5.38. The highest BCUT2D eigenvalue weighted by atomic mass is 16.5. The standard InChI is InChI=1S/C14H26N2O2/c1-11(18-3)10-14(17)16-9-5-7-13(16)12-6-4-8-15(12)2/h11-13H,4-10H2,1-3H3/t11-,12+,13+/m1/s1. The topological polar surface area (TPSA) is 32.8 Å². The molecule has 2 fully saturated rings. The summed E-state index contributed by atoms with van der Waals surface area (Å²) in [4.78, 5) is 16.9. The van der Waals surface area contributed by atoms with E-state index in [1.165, 1.54) is 25.8 Å². The molecule has 0 spiro atoms. The number of ether oxygens (including phenoxy) is 1. The van der Waals surface area contributed by atoms with Crippen LogP contribution in [0, 0.1) is 0 Å². The Kier molecular flexibility index (Phi) is 4.62. The molecule has 0 saturated carbocycles. The number of nitrogens with zero attached hydrogens (tertiary/aromatic N) is 2. The van der Waals surface area contributed by atoms with Crippen molar-refractivity contribution in [1.82, 2.24) is 9.80 Å². The van der Waals surface area contributed by atoms with Crippen molar-refractivity contribution in [1.29, 1.82) is 0 Å². The summed E-state index contributed by atoms with van der Waals surface area (Å²) in [6.45, 7) is 4.08. The van der Waals surface area contributed by atoms with Gasteiger partial charge < -0.3 is 14.5 Å². The van der Waals surface area contributed by atoms with Gasteiger partial charge in [-0.25, -0.2) is 0 Å². The fourth-order valence-corrected chi connectivity index (χ4v) is 3.37. The van der Waals surface area contributed by atoms with Gasteiger partial charge in [0.2, 0.25) is 5.91 Å². The maximum absolute atomic E-state index is 12.3. The van der Waals surface area contributed by atoms with Crippen LogP contribution in [0.3, 0.4) is 0 Å². The molecule has 3 atom stereocenters. The second-order valence-electron chi connectivity index (χ2n) is 5.74. The summed E-state index contributed by atoms with van der Waals surface area (Å²) in [6, 6.07) is 1.02. The molecule has 0 unspecified atom stereocenters. The molecule has 4 nitrogen and oxygen atoms in total. The molecule has 4 heteroatoms. The largest absolute Gasteiger partial charge is 0.381 e. The summed E-state index contributed by atoms with van der Waals surface area (Å²) in [5, 5.41) is 0. The molecule has 104 valence electrons. The number of carbonyl (C=O) groups is 1. The molecule has 2 aliphatic heterocycles. The van der Waals surface area contributed by atoms with E-state index in [2.05, 4.69) is 16.8 Å². The summed E-state index contributed by atoms with van der Waals surface area (Å²) in [5.74, 6) is 0.271. The minimum atomic E-state index is 0.0278. The van der Waals surface area contributed by atoms with E-state index in [9.17, 15) is 4.79 Å². The Morgan fingerprint density at radius 1 is 1.28 bits per heavy atom. The van der Waals surface area contributed by atoms with Gasteiger partial charge in [-0.15, -0.1) is 0 Å². The Bertz CT molecular complexity index is 296. The van der Waals surface area contributed by atoms with Gasteiger partial charge in [-0.3, -0.25) is 4.79 Å². The number of likely N-dealkylation sites (N-methyl/N-ethyl adjacent to an activating group) is 1. The van der Waals surface area contributed by atoms with Crippen LogP contribution in [0.5, 0.6) is 0 Å². The zero-order valence-electron chi connectivity index (χ0n) is 11.9. The first-order valence-corrected chi connectivity index (χ1v) is 7.16. The Labute approximate surface area is 110 Å². The highest BCUT2D eigenvalue weighted by Crippen LogP contribution is 2.29. The number of amides is 1. The highest BCUT2D eigenvalue weighted by molar-refractivity contribution is 5.77. The Hall–Kier alpha value is -0.610. The van der Waals surface area contributed by atoms with Gasteiger partial charge in [0, 0.05) is 25.7 Å². The van der Waals surface area contributed by atoms with Crippen LogP contribution in [0.15, 0.2) is 0 Å². The maximum Gasteiger partial charge on any atom is 0.225 e. The highest BCUT2D eigenvalue weighted by Gasteiger charge is 2.38. The van der Waals surface area contributed by atoms with Crippen molar-refractivity contribution in [3.63, 3.8) is 0 Å². The first-order valence-electron chi connectivity index (χ1n) is 7.16. The van der Waals surface area contributed by atoms with Crippen molar-refractivity contribution in [2.24, 2.45) is 0 Å². The predicted molar refractivity (Wildman–Crippen MR) is 71.5 cm³/mol. The Morgan fingerprint density at radius 2 is 1.94 bits per heavy atom. The molecule has 2 rings (SSSR count). The number of likely N-dealkylation sites (tertiary alicyclic amines) is 2. The molecule has 0 N–H and O–H groups in total.